The zero-order valence-corrected chi connectivity index (χ0v) is 6.09. The minimum Gasteiger partial charge on any atom is -0.329 e. The topological polar surface area (TPSA) is 38.0 Å². The standard InChI is InChI=1S/C8H14N2/c9-5-6-10-7-8-3-1-2-4-8/h1-4,8,10H,5-7,9H2. The summed E-state index contributed by atoms with van der Waals surface area (Å²) in [6.07, 6.45) is 8.52. The summed E-state index contributed by atoms with van der Waals surface area (Å²) in [4.78, 5) is 0. The molecular formula is C8H14N2. The molecule has 1 aliphatic rings. The van der Waals surface area contributed by atoms with E-state index in [-0.39, 0.29) is 0 Å². The maximum absolute atomic E-state index is 5.31. The number of hydrogen-bond acceptors (Lipinski definition) is 2. The van der Waals surface area contributed by atoms with Crippen LogP contribution in [0.25, 0.3) is 0 Å². The largest absolute Gasteiger partial charge is 0.329 e. The van der Waals surface area contributed by atoms with E-state index in [0.717, 1.165) is 19.6 Å². The molecule has 0 bridgehead atoms. The molecule has 0 aromatic rings. The van der Waals surface area contributed by atoms with Gasteiger partial charge in [-0.25, -0.2) is 0 Å². The van der Waals surface area contributed by atoms with Crippen molar-refractivity contribution >= 4 is 0 Å². The Hall–Kier alpha value is -0.600. The number of allylic oxidation sites excluding steroid dienone is 2. The molecule has 0 unspecified atom stereocenters. The van der Waals surface area contributed by atoms with Crippen LogP contribution in [0.2, 0.25) is 0 Å². The summed E-state index contributed by atoms with van der Waals surface area (Å²) in [6, 6.07) is 0. The van der Waals surface area contributed by atoms with Crippen molar-refractivity contribution in [2.24, 2.45) is 11.7 Å². The molecule has 0 saturated carbocycles. The van der Waals surface area contributed by atoms with Gasteiger partial charge in [0.25, 0.3) is 0 Å². The van der Waals surface area contributed by atoms with Gasteiger partial charge in [0.1, 0.15) is 0 Å². The molecule has 1 rings (SSSR count). The minimum absolute atomic E-state index is 0.589. The zero-order valence-electron chi connectivity index (χ0n) is 6.09. The Morgan fingerprint density at radius 2 is 2.00 bits per heavy atom. The first-order valence-corrected chi connectivity index (χ1v) is 3.69. The Morgan fingerprint density at radius 1 is 1.30 bits per heavy atom. The fourth-order valence-electron chi connectivity index (χ4n) is 0.985. The molecule has 3 N–H and O–H groups in total. The molecule has 0 saturated heterocycles. The monoisotopic (exact) mass is 138 g/mol. The predicted octanol–water partition coefficient (Wildman–Crippen LogP) is 0.277. The summed E-state index contributed by atoms with van der Waals surface area (Å²) < 4.78 is 0. The van der Waals surface area contributed by atoms with Gasteiger partial charge in [0.2, 0.25) is 0 Å². The first-order chi connectivity index (χ1) is 4.93. The van der Waals surface area contributed by atoms with E-state index in [1.807, 2.05) is 0 Å². The van der Waals surface area contributed by atoms with Crippen LogP contribution >= 0.6 is 0 Å². The zero-order chi connectivity index (χ0) is 7.23. The summed E-state index contributed by atoms with van der Waals surface area (Å²) >= 11 is 0. The number of nitrogens with two attached hydrogens (primary N) is 1. The van der Waals surface area contributed by atoms with E-state index in [1.54, 1.807) is 0 Å². The molecule has 0 amide bonds. The van der Waals surface area contributed by atoms with E-state index in [0.29, 0.717) is 5.92 Å². The normalized spacial score (nSPS) is 16.9. The van der Waals surface area contributed by atoms with Gasteiger partial charge in [0.05, 0.1) is 0 Å². The van der Waals surface area contributed by atoms with Crippen molar-refractivity contribution in [2.75, 3.05) is 19.6 Å². The van der Waals surface area contributed by atoms with Crippen LogP contribution in [0.3, 0.4) is 0 Å². The van der Waals surface area contributed by atoms with Crippen LogP contribution in [0.1, 0.15) is 0 Å². The molecule has 0 heterocycles. The van der Waals surface area contributed by atoms with Crippen molar-refractivity contribution in [1.29, 1.82) is 0 Å². The Kier molecular flexibility index (Phi) is 3.19. The highest BCUT2D eigenvalue weighted by atomic mass is 14.9. The third-order valence-corrected chi connectivity index (χ3v) is 1.53. The highest BCUT2D eigenvalue weighted by Crippen LogP contribution is 2.06. The molecular weight excluding hydrogens is 124 g/mol. The van der Waals surface area contributed by atoms with Gasteiger partial charge >= 0.3 is 0 Å². The summed E-state index contributed by atoms with van der Waals surface area (Å²) in [5, 5.41) is 3.25. The lowest BCUT2D eigenvalue weighted by molar-refractivity contribution is 0.637. The second-order valence-corrected chi connectivity index (χ2v) is 2.43. The lowest BCUT2D eigenvalue weighted by Crippen LogP contribution is -2.26. The Morgan fingerprint density at radius 3 is 2.60 bits per heavy atom. The van der Waals surface area contributed by atoms with Crippen LogP contribution in [-0.2, 0) is 0 Å². The summed E-state index contributed by atoms with van der Waals surface area (Å²) in [7, 11) is 0. The molecule has 0 radical (unpaired) electrons. The second-order valence-electron chi connectivity index (χ2n) is 2.43. The Bertz CT molecular complexity index is 126. The average Bonchev–Trinajstić information content (AvgIpc) is 2.41. The molecule has 0 aromatic heterocycles. The maximum atomic E-state index is 5.31. The van der Waals surface area contributed by atoms with Gasteiger partial charge < -0.3 is 11.1 Å². The van der Waals surface area contributed by atoms with E-state index in [1.165, 1.54) is 0 Å². The molecule has 1 aliphatic carbocycles. The molecule has 0 atom stereocenters. The third-order valence-electron chi connectivity index (χ3n) is 1.53. The lowest BCUT2D eigenvalue weighted by Gasteiger charge is -2.05. The van der Waals surface area contributed by atoms with Crippen LogP contribution in [0, 0.1) is 5.92 Å². The molecule has 2 heteroatoms. The first-order valence-electron chi connectivity index (χ1n) is 3.69. The molecule has 10 heavy (non-hydrogen) atoms. The SMILES string of the molecule is NCCNCC1C=CC=C1. The maximum Gasteiger partial charge on any atom is 0.00779 e. The van der Waals surface area contributed by atoms with Gasteiger partial charge in [-0.1, -0.05) is 24.3 Å². The molecule has 0 spiro atoms. The van der Waals surface area contributed by atoms with Crippen molar-refractivity contribution in [3.8, 4) is 0 Å². The fraction of sp³-hybridized carbons (Fsp3) is 0.500. The third kappa shape index (κ3) is 2.33. The lowest BCUT2D eigenvalue weighted by atomic mass is 10.2. The smallest absolute Gasteiger partial charge is 0.00779 e. The molecule has 0 fully saturated rings. The van der Waals surface area contributed by atoms with Gasteiger partial charge in [-0.3, -0.25) is 0 Å². The second kappa shape index (κ2) is 4.25. The molecule has 0 aliphatic heterocycles. The van der Waals surface area contributed by atoms with Crippen molar-refractivity contribution in [2.45, 2.75) is 0 Å². The van der Waals surface area contributed by atoms with Gasteiger partial charge in [0, 0.05) is 25.6 Å². The van der Waals surface area contributed by atoms with E-state index in [2.05, 4.69) is 29.6 Å². The van der Waals surface area contributed by atoms with Gasteiger partial charge in [0.15, 0.2) is 0 Å². The summed E-state index contributed by atoms with van der Waals surface area (Å²) in [6.45, 7) is 2.66. The summed E-state index contributed by atoms with van der Waals surface area (Å²) in [5.74, 6) is 0.589. The minimum atomic E-state index is 0.589. The Balaban J connectivity index is 2.03. The Labute approximate surface area is 61.8 Å². The van der Waals surface area contributed by atoms with Crippen molar-refractivity contribution in [3.05, 3.63) is 24.3 Å². The van der Waals surface area contributed by atoms with Crippen LogP contribution in [0.4, 0.5) is 0 Å². The van der Waals surface area contributed by atoms with Crippen LogP contribution in [0.15, 0.2) is 24.3 Å². The summed E-state index contributed by atoms with van der Waals surface area (Å²) in [5.41, 5.74) is 5.31. The van der Waals surface area contributed by atoms with Crippen molar-refractivity contribution in [1.82, 2.24) is 5.32 Å². The van der Waals surface area contributed by atoms with Gasteiger partial charge in [-0.15, -0.1) is 0 Å². The van der Waals surface area contributed by atoms with Gasteiger partial charge in [-0.2, -0.15) is 0 Å². The molecule has 56 valence electrons. The predicted molar refractivity (Wildman–Crippen MR) is 43.7 cm³/mol. The highest BCUT2D eigenvalue weighted by molar-refractivity contribution is 5.17. The molecule has 0 aromatic carbocycles. The van der Waals surface area contributed by atoms with Crippen LogP contribution < -0.4 is 11.1 Å². The van der Waals surface area contributed by atoms with E-state index in [9.17, 15) is 0 Å². The number of nitrogens with one attached hydrogen (secondary N) is 1. The first kappa shape index (κ1) is 7.51. The van der Waals surface area contributed by atoms with Crippen LogP contribution in [0.5, 0.6) is 0 Å². The van der Waals surface area contributed by atoms with Gasteiger partial charge in [-0.05, 0) is 0 Å². The quantitative estimate of drug-likeness (QED) is 0.547. The number of rotatable bonds is 4. The van der Waals surface area contributed by atoms with E-state index in [4.69, 9.17) is 5.73 Å². The van der Waals surface area contributed by atoms with Crippen molar-refractivity contribution in [3.63, 3.8) is 0 Å². The average molecular weight is 138 g/mol. The van der Waals surface area contributed by atoms with Crippen LogP contribution in [-0.4, -0.2) is 19.6 Å². The van der Waals surface area contributed by atoms with Crippen molar-refractivity contribution < 1.29 is 0 Å². The van der Waals surface area contributed by atoms with E-state index >= 15 is 0 Å². The molecule has 2 nitrogen and oxygen atoms in total. The number of hydrogen-bond donors (Lipinski definition) is 2. The highest BCUT2D eigenvalue weighted by Gasteiger charge is 2.00. The van der Waals surface area contributed by atoms with E-state index < -0.39 is 0 Å². The fourth-order valence-corrected chi connectivity index (χ4v) is 0.985.